The van der Waals surface area contributed by atoms with E-state index in [0.717, 1.165) is 24.2 Å². The molecule has 1 heterocycles. The van der Waals surface area contributed by atoms with Crippen molar-refractivity contribution < 1.29 is 0 Å². The van der Waals surface area contributed by atoms with Crippen LogP contribution < -0.4 is 0 Å². The lowest BCUT2D eigenvalue weighted by Crippen LogP contribution is -2.33. The van der Waals surface area contributed by atoms with Crippen LogP contribution in [0.5, 0.6) is 0 Å². The third kappa shape index (κ3) is 3.60. The number of alkyl halides is 1. The number of aromatic nitrogens is 2. The van der Waals surface area contributed by atoms with Gasteiger partial charge in [-0.2, -0.15) is 0 Å². The van der Waals surface area contributed by atoms with Crippen LogP contribution in [0.4, 0.5) is 0 Å². The molecule has 0 atom stereocenters. The second-order valence-electron chi connectivity index (χ2n) is 7.84. The van der Waals surface area contributed by atoms with E-state index in [4.69, 9.17) is 16.6 Å². The number of hydrogen-bond donors (Lipinski definition) is 0. The molecule has 2 rings (SSSR count). The Morgan fingerprint density at radius 1 is 1.14 bits per heavy atom. The van der Waals surface area contributed by atoms with Crippen LogP contribution >= 0.6 is 11.6 Å². The maximum Gasteiger partial charge on any atom is 0.111 e. The van der Waals surface area contributed by atoms with Gasteiger partial charge in [0, 0.05) is 17.8 Å². The summed E-state index contributed by atoms with van der Waals surface area (Å²) in [6.07, 6.45) is 1.90. The molecular weight excluding hydrogens is 280 g/mol. The van der Waals surface area contributed by atoms with Crippen LogP contribution in [0.2, 0.25) is 0 Å². The minimum atomic E-state index is 0.0161. The molecule has 0 bridgehead atoms. The van der Waals surface area contributed by atoms with Crippen molar-refractivity contribution in [1.29, 1.82) is 0 Å². The Kier molecular flexibility index (Phi) is 4.39. The normalized spacial score (nSPS) is 13.1. The summed E-state index contributed by atoms with van der Waals surface area (Å²) in [5.74, 6) is 1.70. The third-order valence-corrected chi connectivity index (χ3v) is 3.95. The van der Waals surface area contributed by atoms with Crippen LogP contribution in [-0.4, -0.2) is 15.4 Å². The minimum Gasteiger partial charge on any atom is -0.322 e. The maximum absolute atomic E-state index is 6.00. The summed E-state index contributed by atoms with van der Waals surface area (Å²) in [4.78, 5) is 4.82. The standard InChI is InChI=1S/C18H27ClN2/c1-13-7-8-14-15(11-13)21(16(20-14)9-10-19)18(5,6)12-17(2,3)4/h7-8,11H,9-10,12H2,1-6H3. The summed E-state index contributed by atoms with van der Waals surface area (Å²) >= 11 is 6.00. The topological polar surface area (TPSA) is 17.8 Å². The van der Waals surface area contributed by atoms with Gasteiger partial charge in [0.2, 0.25) is 0 Å². The second-order valence-corrected chi connectivity index (χ2v) is 8.22. The molecule has 0 amide bonds. The van der Waals surface area contributed by atoms with Gasteiger partial charge in [0.15, 0.2) is 0 Å². The highest BCUT2D eigenvalue weighted by Crippen LogP contribution is 2.36. The Morgan fingerprint density at radius 2 is 1.81 bits per heavy atom. The Labute approximate surface area is 133 Å². The molecule has 2 nitrogen and oxygen atoms in total. The SMILES string of the molecule is Cc1ccc2nc(CCCl)n(C(C)(C)CC(C)(C)C)c2c1. The zero-order chi connectivity index (χ0) is 15.8. The number of benzene rings is 1. The highest BCUT2D eigenvalue weighted by atomic mass is 35.5. The van der Waals surface area contributed by atoms with Crippen LogP contribution in [0.1, 0.15) is 52.4 Å². The van der Waals surface area contributed by atoms with E-state index >= 15 is 0 Å². The first-order valence-corrected chi connectivity index (χ1v) is 8.22. The Morgan fingerprint density at radius 3 is 2.38 bits per heavy atom. The van der Waals surface area contributed by atoms with Crippen molar-refractivity contribution >= 4 is 22.6 Å². The molecule has 0 aliphatic heterocycles. The van der Waals surface area contributed by atoms with E-state index in [1.165, 1.54) is 11.1 Å². The lowest BCUT2D eigenvalue weighted by Gasteiger charge is -2.35. The summed E-state index contributed by atoms with van der Waals surface area (Å²) in [7, 11) is 0. The number of nitrogens with zero attached hydrogens (tertiary/aromatic N) is 2. The number of aryl methyl sites for hydroxylation is 2. The van der Waals surface area contributed by atoms with Gasteiger partial charge in [-0.3, -0.25) is 0 Å². The van der Waals surface area contributed by atoms with Crippen molar-refractivity contribution in [3.8, 4) is 0 Å². The first-order chi connectivity index (χ1) is 9.64. The number of imidazole rings is 1. The molecule has 0 saturated heterocycles. The first-order valence-electron chi connectivity index (χ1n) is 7.68. The number of rotatable bonds is 4. The summed E-state index contributed by atoms with van der Waals surface area (Å²) in [5.41, 5.74) is 3.85. The molecule has 0 radical (unpaired) electrons. The number of hydrogen-bond acceptors (Lipinski definition) is 1. The van der Waals surface area contributed by atoms with Crippen molar-refractivity contribution in [2.24, 2.45) is 5.41 Å². The lowest BCUT2D eigenvalue weighted by atomic mass is 9.81. The molecule has 0 aliphatic carbocycles. The minimum absolute atomic E-state index is 0.0161. The molecule has 0 N–H and O–H groups in total. The fourth-order valence-electron chi connectivity index (χ4n) is 3.54. The van der Waals surface area contributed by atoms with Crippen LogP contribution in [0.3, 0.4) is 0 Å². The molecule has 21 heavy (non-hydrogen) atoms. The molecule has 0 unspecified atom stereocenters. The predicted molar refractivity (Wildman–Crippen MR) is 92.3 cm³/mol. The highest BCUT2D eigenvalue weighted by molar-refractivity contribution is 6.17. The highest BCUT2D eigenvalue weighted by Gasteiger charge is 2.30. The molecule has 0 spiro atoms. The maximum atomic E-state index is 6.00. The Hall–Kier alpha value is -1.02. The largest absolute Gasteiger partial charge is 0.322 e. The molecule has 1 aromatic heterocycles. The monoisotopic (exact) mass is 306 g/mol. The average molecular weight is 307 g/mol. The zero-order valence-corrected chi connectivity index (χ0v) is 14.9. The van der Waals surface area contributed by atoms with E-state index < -0.39 is 0 Å². The Balaban J connectivity index is 2.63. The fraction of sp³-hybridized carbons (Fsp3) is 0.611. The van der Waals surface area contributed by atoms with Gasteiger partial charge in [-0.15, -0.1) is 11.6 Å². The second kappa shape index (κ2) is 5.64. The molecule has 1 aromatic carbocycles. The first kappa shape index (κ1) is 16.4. The van der Waals surface area contributed by atoms with Gasteiger partial charge in [-0.05, 0) is 50.3 Å². The quantitative estimate of drug-likeness (QED) is 0.701. The van der Waals surface area contributed by atoms with E-state index in [1.807, 2.05) is 0 Å². The molecule has 0 fully saturated rings. The number of halogens is 1. The molecule has 0 saturated carbocycles. The van der Waals surface area contributed by atoms with Gasteiger partial charge >= 0.3 is 0 Å². The van der Waals surface area contributed by atoms with Crippen molar-refractivity contribution in [1.82, 2.24) is 9.55 Å². The summed E-state index contributed by atoms with van der Waals surface area (Å²) in [5, 5.41) is 0. The van der Waals surface area contributed by atoms with Crippen LogP contribution in [-0.2, 0) is 12.0 Å². The Bertz CT molecular complexity index is 632. The van der Waals surface area contributed by atoms with Crippen molar-refractivity contribution in [3.05, 3.63) is 29.6 Å². The van der Waals surface area contributed by atoms with Crippen molar-refractivity contribution in [2.75, 3.05) is 5.88 Å². The molecule has 116 valence electrons. The molecule has 3 heteroatoms. The van der Waals surface area contributed by atoms with Crippen LogP contribution in [0, 0.1) is 12.3 Å². The summed E-state index contributed by atoms with van der Waals surface area (Å²) in [6, 6.07) is 6.48. The molecular formula is C18H27ClN2. The number of fused-ring (bicyclic) bond motifs is 1. The fourth-order valence-corrected chi connectivity index (χ4v) is 3.71. The molecule has 0 aliphatic rings. The van der Waals surface area contributed by atoms with Crippen LogP contribution in [0.25, 0.3) is 11.0 Å². The smallest absolute Gasteiger partial charge is 0.111 e. The van der Waals surface area contributed by atoms with E-state index in [2.05, 4.69) is 64.3 Å². The predicted octanol–water partition coefficient (Wildman–Crippen LogP) is 5.30. The van der Waals surface area contributed by atoms with Crippen molar-refractivity contribution in [2.45, 2.75) is 59.9 Å². The van der Waals surface area contributed by atoms with Gasteiger partial charge in [0.05, 0.1) is 11.0 Å². The van der Waals surface area contributed by atoms with E-state index in [-0.39, 0.29) is 11.0 Å². The van der Waals surface area contributed by atoms with E-state index in [1.54, 1.807) is 0 Å². The van der Waals surface area contributed by atoms with Crippen LogP contribution in [0.15, 0.2) is 18.2 Å². The van der Waals surface area contributed by atoms with Gasteiger partial charge < -0.3 is 4.57 Å². The lowest BCUT2D eigenvalue weighted by molar-refractivity contribution is 0.215. The summed E-state index contributed by atoms with van der Waals surface area (Å²) < 4.78 is 2.41. The average Bonchev–Trinajstić information content (AvgIpc) is 2.64. The molecule has 2 aromatic rings. The zero-order valence-electron chi connectivity index (χ0n) is 14.1. The van der Waals surface area contributed by atoms with E-state index in [0.29, 0.717) is 5.88 Å². The third-order valence-electron chi connectivity index (χ3n) is 3.77. The van der Waals surface area contributed by atoms with Gasteiger partial charge in [0.1, 0.15) is 5.82 Å². The van der Waals surface area contributed by atoms with Gasteiger partial charge in [0.25, 0.3) is 0 Å². The summed E-state index contributed by atoms with van der Waals surface area (Å²) in [6.45, 7) is 13.6. The van der Waals surface area contributed by atoms with Gasteiger partial charge in [-0.25, -0.2) is 4.98 Å². The van der Waals surface area contributed by atoms with E-state index in [9.17, 15) is 0 Å². The van der Waals surface area contributed by atoms with Gasteiger partial charge in [-0.1, -0.05) is 26.8 Å². The van der Waals surface area contributed by atoms with Crippen molar-refractivity contribution in [3.63, 3.8) is 0 Å².